The summed E-state index contributed by atoms with van der Waals surface area (Å²) in [6.45, 7) is 11.1. The number of carbonyl (C=O) groups is 1. The first-order chi connectivity index (χ1) is 19.2. The lowest BCUT2D eigenvalue weighted by molar-refractivity contribution is 0.0360. The minimum atomic E-state index is -0.351. The van der Waals surface area contributed by atoms with Crippen LogP contribution in [-0.4, -0.2) is 78.2 Å². The van der Waals surface area contributed by atoms with Gasteiger partial charge in [0.15, 0.2) is 11.5 Å². The first-order valence-electron chi connectivity index (χ1n) is 13.2. The second kappa shape index (κ2) is 10.2. The quantitative estimate of drug-likeness (QED) is 0.284. The average molecular weight is 563 g/mol. The number of aromatic amines is 1. The maximum absolute atomic E-state index is 13.1. The van der Waals surface area contributed by atoms with E-state index in [2.05, 4.69) is 30.3 Å². The van der Waals surface area contributed by atoms with Crippen LogP contribution >= 0.6 is 11.6 Å². The van der Waals surface area contributed by atoms with E-state index >= 15 is 0 Å². The Morgan fingerprint density at radius 1 is 1.15 bits per heavy atom. The fraction of sp³-hybridized carbons (Fsp3) is 0.370. The number of ether oxygens (including phenoxy) is 1. The molecule has 4 aromatic heterocycles. The minimum Gasteiger partial charge on any atom is -0.383 e. The molecule has 0 saturated carbocycles. The number of aromatic nitrogens is 7. The van der Waals surface area contributed by atoms with Crippen molar-refractivity contribution in [1.29, 1.82) is 0 Å². The number of halogens is 1. The number of nitrogens with zero attached hydrogens (tertiary/aromatic N) is 7. The molecule has 0 bridgehead atoms. The number of morpholine rings is 1. The molecule has 1 aromatic carbocycles. The lowest BCUT2D eigenvalue weighted by atomic mass is 10.1. The van der Waals surface area contributed by atoms with Gasteiger partial charge in [-0.2, -0.15) is 10.2 Å². The predicted octanol–water partition coefficient (Wildman–Crippen LogP) is 3.75. The molecule has 0 spiro atoms. The molecule has 6 rings (SSSR count). The summed E-state index contributed by atoms with van der Waals surface area (Å²) in [5.41, 5.74) is 8.83. The lowest BCUT2D eigenvalue weighted by Crippen LogP contribution is -2.38. The molecule has 1 amide bonds. The Labute approximate surface area is 235 Å². The van der Waals surface area contributed by atoms with Gasteiger partial charge < -0.3 is 20.8 Å². The summed E-state index contributed by atoms with van der Waals surface area (Å²) in [4.78, 5) is 27.4. The largest absolute Gasteiger partial charge is 0.383 e. The Morgan fingerprint density at radius 3 is 2.73 bits per heavy atom. The highest BCUT2D eigenvalue weighted by Crippen LogP contribution is 2.39. The van der Waals surface area contributed by atoms with E-state index in [9.17, 15) is 4.79 Å². The SMILES string of the molecule is CC(C)(C)n1nc(-c2[nH]c3cc(C(=O)Nc4ccn(CCN5CCOCC5)n4)ccc3c2Cl)c2c(N)ncnc21. The molecule has 40 heavy (non-hydrogen) atoms. The van der Waals surface area contributed by atoms with Crippen LogP contribution in [0.4, 0.5) is 11.6 Å². The molecule has 1 saturated heterocycles. The number of nitrogen functional groups attached to an aromatic ring is 1. The molecule has 12 nitrogen and oxygen atoms in total. The number of hydrogen-bond donors (Lipinski definition) is 3. The summed E-state index contributed by atoms with van der Waals surface area (Å²) < 4.78 is 9.05. The standard InChI is InChI=1S/C27H31ClN10O2/c1-27(2,3)38-25-20(24(29)30-15-31-25)22(35-38)23-21(28)17-5-4-16(14-18(17)32-23)26(39)33-19-6-7-37(34-19)9-8-36-10-12-40-13-11-36/h4-7,14-15,32H,8-13H2,1-3H3,(H2,29,30,31)(H,33,34,39). The van der Waals surface area contributed by atoms with Crippen molar-refractivity contribution in [3.05, 3.63) is 47.4 Å². The van der Waals surface area contributed by atoms with Crippen LogP contribution in [0.2, 0.25) is 5.02 Å². The second-order valence-corrected chi connectivity index (χ2v) is 11.2. The summed E-state index contributed by atoms with van der Waals surface area (Å²) in [5.74, 6) is 0.536. The topological polar surface area (TPSA) is 145 Å². The Morgan fingerprint density at radius 2 is 1.95 bits per heavy atom. The zero-order valence-electron chi connectivity index (χ0n) is 22.6. The van der Waals surface area contributed by atoms with Crippen molar-refractivity contribution in [1.82, 2.24) is 39.4 Å². The van der Waals surface area contributed by atoms with E-state index in [-0.39, 0.29) is 11.4 Å². The van der Waals surface area contributed by atoms with Gasteiger partial charge in [-0.1, -0.05) is 17.7 Å². The Balaban J connectivity index is 1.25. The Kier molecular flexibility index (Phi) is 6.69. The Hall–Kier alpha value is -4.00. The number of anilines is 2. The summed E-state index contributed by atoms with van der Waals surface area (Å²) in [7, 11) is 0. The maximum Gasteiger partial charge on any atom is 0.256 e. The molecule has 1 aliphatic heterocycles. The molecule has 208 valence electrons. The molecule has 1 aliphatic rings. The van der Waals surface area contributed by atoms with Crippen molar-refractivity contribution in [2.75, 3.05) is 43.9 Å². The first kappa shape index (κ1) is 26.2. The third kappa shape index (κ3) is 4.89. The number of nitrogens with two attached hydrogens (primary N) is 1. The molecule has 0 unspecified atom stereocenters. The minimum absolute atomic E-state index is 0.271. The summed E-state index contributed by atoms with van der Waals surface area (Å²) >= 11 is 6.83. The highest BCUT2D eigenvalue weighted by molar-refractivity contribution is 6.38. The van der Waals surface area contributed by atoms with Crippen molar-refractivity contribution in [3.8, 4) is 11.4 Å². The van der Waals surface area contributed by atoms with E-state index in [1.54, 1.807) is 18.2 Å². The molecule has 5 aromatic rings. The van der Waals surface area contributed by atoms with Gasteiger partial charge in [-0.15, -0.1) is 0 Å². The Bertz CT molecular complexity index is 1710. The van der Waals surface area contributed by atoms with Gasteiger partial charge in [-0.05, 0) is 32.9 Å². The van der Waals surface area contributed by atoms with Crippen LogP contribution < -0.4 is 11.1 Å². The van der Waals surface area contributed by atoms with E-state index in [1.165, 1.54) is 6.33 Å². The van der Waals surface area contributed by atoms with Crippen molar-refractivity contribution in [2.24, 2.45) is 0 Å². The number of rotatable bonds is 6. The molecule has 0 radical (unpaired) electrons. The second-order valence-electron chi connectivity index (χ2n) is 10.8. The van der Waals surface area contributed by atoms with Crippen LogP contribution in [0, 0.1) is 0 Å². The third-order valence-electron chi connectivity index (χ3n) is 6.99. The molecule has 0 aliphatic carbocycles. The predicted molar refractivity (Wildman–Crippen MR) is 154 cm³/mol. The van der Waals surface area contributed by atoms with Crippen molar-refractivity contribution >= 4 is 51.1 Å². The van der Waals surface area contributed by atoms with Gasteiger partial charge in [0, 0.05) is 48.4 Å². The number of carbonyl (C=O) groups excluding carboxylic acids is 1. The van der Waals surface area contributed by atoms with Gasteiger partial charge in [-0.3, -0.25) is 14.4 Å². The number of nitrogens with one attached hydrogen (secondary N) is 2. The van der Waals surface area contributed by atoms with Crippen molar-refractivity contribution in [2.45, 2.75) is 32.9 Å². The van der Waals surface area contributed by atoms with Gasteiger partial charge in [0.25, 0.3) is 5.91 Å². The summed E-state index contributed by atoms with van der Waals surface area (Å²) in [6.07, 6.45) is 3.29. The normalized spacial score (nSPS) is 14.8. The third-order valence-corrected chi connectivity index (χ3v) is 7.39. The monoisotopic (exact) mass is 562 g/mol. The number of H-pyrrole nitrogens is 1. The van der Waals surface area contributed by atoms with Crippen molar-refractivity contribution < 1.29 is 9.53 Å². The summed E-state index contributed by atoms with van der Waals surface area (Å²) in [5, 5.41) is 14.1. The van der Waals surface area contributed by atoms with Crippen molar-refractivity contribution in [3.63, 3.8) is 0 Å². The fourth-order valence-corrected chi connectivity index (χ4v) is 5.20. The number of hydrogen-bond acceptors (Lipinski definition) is 8. The molecular weight excluding hydrogens is 532 g/mol. The molecule has 5 heterocycles. The van der Waals surface area contributed by atoms with Gasteiger partial charge >= 0.3 is 0 Å². The van der Waals surface area contributed by atoms with Gasteiger partial charge in [-0.25, -0.2) is 14.6 Å². The van der Waals surface area contributed by atoms with Gasteiger partial charge in [0.1, 0.15) is 17.8 Å². The van der Waals surface area contributed by atoms with Gasteiger partial charge in [0.05, 0.1) is 41.4 Å². The number of amides is 1. The summed E-state index contributed by atoms with van der Waals surface area (Å²) in [6, 6.07) is 7.11. The first-order valence-corrected chi connectivity index (χ1v) is 13.5. The van der Waals surface area contributed by atoms with Crippen LogP contribution in [0.5, 0.6) is 0 Å². The van der Waals surface area contributed by atoms with E-state index in [0.29, 0.717) is 50.2 Å². The molecular formula is C27H31ClN10O2. The van der Waals surface area contributed by atoms with Crippen LogP contribution in [0.25, 0.3) is 33.3 Å². The van der Waals surface area contributed by atoms with E-state index in [0.717, 1.165) is 44.8 Å². The smallest absolute Gasteiger partial charge is 0.256 e. The van der Waals surface area contributed by atoms with Crippen LogP contribution in [0.15, 0.2) is 36.8 Å². The van der Waals surface area contributed by atoms with Crippen LogP contribution in [0.3, 0.4) is 0 Å². The zero-order chi connectivity index (χ0) is 28.0. The molecule has 13 heteroatoms. The fourth-order valence-electron chi connectivity index (χ4n) is 4.89. The maximum atomic E-state index is 13.1. The van der Waals surface area contributed by atoms with E-state index in [1.807, 2.05) is 42.4 Å². The lowest BCUT2D eigenvalue weighted by Gasteiger charge is -2.26. The zero-order valence-corrected chi connectivity index (χ0v) is 23.4. The average Bonchev–Trinajstić information content (AvgIpc) is 3.64. The number of benzene rings is 1. The van der Waals surface area contributed by atoms with E-state index in [4.69, 9.17) is 27.2 Å². The van der Waals surface area contributed by atoms with E-state index < -0.39 is 0 Å². The van der Waals surface area contributed by atoms with Gasteiger partial charge in [0.2, 0.25) is 0 Å². The molecule has 1 fully saturated rings. The van der Waals surface area contributed by atoms with Crippen LogP contribution in [0.1, 0.15) is 31.1 Å². The molecule has 4 N–H and O–H groups in total. The number of fused-ring (bicyclic) bond motifs is 2. The highest BCUT2D eigenvalue weighted by atomic mass is 35.5. The highest BCUT2D eigenvalue weighted by Gasteiger charge is 2.26. The van der Waals surface area contributed by atoms with Crippen LogP contribution in [-0.2, 0) is 16.8 Å². The molecule has 0 atom stereocenters.